The van der Waals surface area contributed by atoms with E-state index in [0.717, 1.165) is 17.0 Å². The highest BCUT2D eigenvalue weighted by Crippen LogP contribution is 2.30. The molecule has 1 atom stereocenters. The van der Waals surface area contributed by atoms with Crippen molar-refractivity contribution in [3.05, 3.63) is 58.1 Å². The van der Waals surface area contributed by atoms with Gasteiger partial charge in [-0.3, -0.25) is 13.9 Å². The lowest BCUT2D eigenvalue weighted by Crippen LogP contribution is -2.51. The van der Waals surface area contributed by atoms with Crippen molar-refractivity contribution < 1.29 is 22.7 Å². The zero-order valence-corrected chi connectivity index (χ0v) is 21.9. The van der Waals surface area contributed by atoms with E-state index in [4.69, 9.17) is 27.9 Å². The van der Waals surface area contributed by atoms with Gasteiger partial charge in [0.2, 0.25) is 21.8 Å². The van der Waals surface area contributed by atoms with Crippen molar-refractivity contribution in [3.63, 3.8) is 0 Å². The summed E-state index contributed by atoms with van der Waals surface area (Å²) >= 11 is 12.1. The molecule has 0 heterocycles. The van der Waals surface area contributed by atoms with Crippen LogP contribution in [0.25, 0.3) is 0 Å². The Morgan fingerprint density at radius 3 is 2.38 bits per heavy atom. The quantitative estimate of drug-likeness (QED) is 0.478. The molecule has 1 N–H and O–H groups in total. The lowest BCUT2D eigenvalue weighted by atomic mass is 10.1. The molecule has 0 bridgehead atoms. The van der Waals surface area contributed by atoms with Crippen LogP contribution in [0, 0.1) is 0 Å². The summed E-state index contributed by atoms with van der Waals surface area (Å²) in [4.78, 5) is 27.5. The van der Waals surface area contributed by atoms with Crippen LogP contribution < -0.4 is 14.4 Å². The molecule has 2 aromatic carbocycles. The number of methoxy groups -OCH3 is 1. The molecule has 0 saturated carbocycles. The van der Waals surface area contributed by atoms with Crippen LogP contribution in [0.1, 0.15) is 25.8 Å². The van der Waals surface area contributed by atoms with Gasteiger partial charge in [-0.2, -0.15) is 0 Å². The normalized spacial score (nSPS) is 12.1. The van der Waals surface area contributed by atoms with Crippen molar-refractivity contribution in [1.82, 2.24) is 10.2 Å². The summed E-state index contributed by atoms with van der Waals surface area (Å²) in [6.45, 7) is 3.47. The topological polar surface area (TPSA) is 96.0 Å². The SMILES string of the molecule is CCCNC(=O)[C@@H](C)N(Cc1ccc(Cl)c(Cl)c1)C(=O)CN(c1ccccc1OC)S(C)(=O)=O. The number of anilines is 1. The largest absolute Gasteiger partial charge is 0.495 e. The second-order valence-electron chi connectivity index (χ2n) is 7.68. The maximum absolute atomic E-state index is 13.5. The molecule has 0 saturated heterocycles. The molecule has 0 radical (unpaired) electrons. The number of amides is 2. The smallest absolute Gasteiger partial charge is 0.244 e. The molecule has 0 spiro atoms. The van der Waals surface area contributed by atoms with Gasteiger partial charge in [0.05, 0.1) is 29.1 Å². The maximum atomic E-state index is 13.5. The number of carbonyl (C=O) groups excluding carboxylic acids is 2. The second-order valence-corrected chi connectivity index (χ2v) is 10.4. The maximum Gasteiger partial charge on any atom is 0.244 e. The molecule has 0 aliphatic carbocycles. The van der Waals surface area contributed by atoms with E-state index in [0.29, 0.717) is 27.9 Å². The predicted octanol–water partition coefficient (Wildman–Crippen LogP) is 3.71. The van der Waals surface area contributed by atoms with E-state index < -0.39 is 28.5 Å². The molecule has 34 heavy (non-hydrogen) atoms. The van der Waals surface area contributed by atoms with E-state index >= 15 is 0 Å². The number of nitrogens with zero attached hydrogens (tertiary/aromatic N) is 2. The molecular formula is C23H29Cl2N3O5S. The highest BCUT2D eigenvalue weighted by Gasteiger charge is 2.31. The molecule has 2 amide bonds. The molecule has 0 aliphatic heterocycles. The number of carbonyl (C=O) groups is 2. The van der Waals surface area contributed by atoms with Crippen LogP contribution in [-0.2, 0) is 26.2 Å². The van der Waals surface area contributed by atoms with Crippen LogP contribution >= 0.6 is 23.2 Å². The Kier molecular flexibility index (Phi) is 10.0. The Balaban J connectivity index is 2.43. The van der Waals surface area contributed by atoms with Crippen LogP contribution in [-0.4, -0.2) is 57.6 Å². The van der Waals surface area contributed by atoms with Gasteiger partial charge in [-0.05, 0) is 43.2 Å². The lowest BCUT2D eigenvalue weighted by molar-refractivity contribution is -0.139. The third kappa shape index (κ3) is 7.25. The number of sulfonamides is 1. The fraction of sp³-hybridized carbons (Fsp3) is 0.391. The first-order valence-corrected chi connectivity index (χ1v) is 13.2. The number of hydrogen-bond donors (Lipinski definition) is 1. The van der Waals surface area contributed by atoms with Crippen LogP contribution in [0.4, 0.5) is 5.69 Å². The highest BCUT2D eigenvalue weighted by molar-refractivity contribution is 7.92. The predicted molar refractivity (Wildman–Crippen MR) is 135 cm³/mol. The molecule has 0 aliphatic rings. The number of nitrogens with one attached hydrogen (secondary N) is 1. The summed E-state index contributed by atoms with van der Waals surface area (Å²) in [5, 5.41) is 3.44. The highest BCUT2D eigenvalue weighted by atomic mass is 35.5. The number of benzene rings is 2. The summed E-state index contributed by atoms with van der Waals surface area (Å²) in [5.74, 6) is -0.620. The van der Waals surface area contributed by atoms with Crippen molar-refractivity contribution in [1.29, 1.82) is 0 Å². The third-order valence-corrected chi connectivity index (χ3v) is 6.95. The van der Waals surface area contributed by atoms with Gasteiger partial charge in [0.25, 0.3) is 0 Å². The van der Waals surface area contributed by atoms with Crippen molar-refractivity contribution in [2.24, 2.45) is 0 Å². The molecule has 0 unspecified atom stereocenters. The zero-order chi connectivity index (χ0) is 25.5. The van der Waals surface area contributed by atoms with Gasteiger partial charge in [-0.1, -0.05) is 48.3 Å². The summed E-state index contributed by atoms with van der Waals surface area (Å²) < 4.78 is 31.5. The molecule has 11 heteroatoms. The van der Waals surface area contributed by atoms with E-state index in [1.54, 1.807) is 49.4 Å². The number of ether oxygens (including phenoxy) is 1. The average molecular weight is 530 g/mol. The zero-order valence-electron chi connectivity index (χ0n) is 19.5. The van der Waals surface area contributed by atoms with Crippen LogP contribution in [0.3, 0.4) is 0 Å². The van der Waals surface area contributed by atoms with Gasteiger partial charge in [0, 0.05) is 13.1 Å². The second kappa shape index (κ2) is 12.3. The minimum absolute atomic E-state index is 0.0277. The van der Waals surface area contributed by atoms with Gasteiger partial charge in [0.15, 0.2) is 0 Å². The minimum Gasteiger partial charge on any atom is -0.495 e. The Morgan fingerprint density at radius 1 is 1.12 bits per heavy atom. The van der Waals surface area contributed by atoms with Crippen LogP contribution in [0.2, 0.25) is 10.0 Å². The number of rotatable bonds is 11. The Morgan fingerprint density at radius 2 is 1.79 bits per heavy atom. The molecule has 186 valence electrons. The van der Waals surface area contributed by atoms with E-state index in [1.165, 1.54) is 12.0 Å². The Hall–Kier alpha value is -2.49. The first-order chi connectivity index (χ1) is 16.0. The van der Waals surface area contributed by atoms with Gasteiger partial charge in [-0.25, -0.2) is 8.42 Å². The molecule has 0 fully saturated rings. The van der Waals surface area contributed by atoms with Crippen LogP contribution in [0.15, 0.2) is 42.5 Å². The summed E-state index contributed by atoms with van der Waals surface area (Å²) in [5.41, 5.74) is 0.861. The average Bonchev–Trinajstić information content (AvgIpc) is 2.80. The van der Waals surface area contributed by atoms with E-state index in [-0.39, 0.29) is 18.1 Å². The Bertz CT molecular complexity index is 1130. The molecule has 0 aromatic heterocycles. The summed E-state index contributed by atoms with van der Waals surface area (Å²) in [6, 6.07) is 10.5. The standard InChI is InChI=1S/C23H29Cl2N3O5S/c1-5-12-26-23(30)16(2)27(14-17-10-11-18(24)19(25)13-17)22(29)15-28(34(4,31)32)20-8-6-7-9-21(20)33-3/h6-11,13,16H,5,12,14-15H2,1-4H3,(H,26,30)/t16-/m1/s1. The Labute approximate surface area is 210 Å². The summed E-state index contributed by atoms with van der Waals surface area (Å²) in [7, 11) is -2.44. The van der Waals surface area contributed by atoms with Gasteiger partial charge in [-0.15, -0.1) is 0 Å². The first kappa shape index (κ1) is 27.8. The van der Waals surface area contributed by atoms with Gasteiger partial charge in [0.1, 0.15) is 18.3 Å². The van der Waals surface area contributed by atoms with E-state index in [9.17, 15) is 18.0 Å². The monoisotopic (exact) mass is 529 g/mol. The minimum atomic E-state index is -3.86. The lowest BCUT2D eigenvalue weighted by Gasteiger charge is -2.31. The summed E-state index contributed by atoms with van der Waals surface area (Å²) in [6.07, 6.45) is 1.74. The van der Waals surface area contributed by atoms with Crippen LogP contribution in [0.5, 0.6) is 5.75 Å². The third-order valence-electron chi connectivity index (χ3n) is 5.09. The van der Waals surface area contributed by atoms with Gasteiger partial charge < -0.3 is 15.0 Å². The fourth-order valence-electron chi connectivity index (χ4n) is 3.24. The van der Waals surface area contributed by atoms with Gasteiger partial charge >= 0.3 is 0 Å². The first-order valence-electron chi connectivity index (χ1n) is 10.6. The van der Waals surface area contributed by atoms with Crippen molar-refractivity contribution in [3.8, 4) is 5.75 Å². The number of para-hydroxylation sites is 2. The molecule has 8 nitrogen and oxygen atoms in total. The van der Waals surface area contributed by atoms with Crippen molar-refractivity contribution in [2.75, 3.05) is 30.8 Å². The number of halogens is 2. The molecule has 2 rings (SSSR count). The molecule has 2 aromatic rings. The fourth-order valence-corrected chi connectivity index (χ4v) is 4.42. The van der Waals surface area contributed by atoms with Crippen molar-refractivity contribution in [2.45, 2.75) is 32.9 Å². The van der Waals surface area contributed by atoms with E-state index in [1.807, 2.05) is 6.92 Å². The van der Waals surface area contributed by atoms with Crippen molar-refractivity contribution >= 4 is 50.7 Å². The molecular weight excluding hydrogens is 501 g/mol. The van der Waals surface area contributed by atoms with E-state index in [2.05, 4.69) is 5.32 Å². The number of hydrogen-bond acceptors (Lipinski definition) is 5.